The summed E-state index contributed by atoms with van der Waals surface area (Å²) in [5, 5.41) is 11.9. The van der Waals surface area contributed by atoms with Crippen LogP contribution >= 0.6 is 0 Å². The number of ether oxygens (including phenoxy) is 1. The summed E-state index contributed by atoms with van der Waals surface area (Å²) in [4.78, 5) is 25.0. The molecule has 124 valence electrons. The van der Waals surface area contributed by atoms with Crippen LogP contribution in [0.5, 0.6) is 5.75 Å². The van der Waals surface area contributed by atoms with Crippen molar-refractivity contribution in [2.24, 2.45) is 5.92 Å². The number of carbonyl (C=O) groups is 2. The number of piperidine rings is 1. The van der Waals surface area contributed by atoms with Crippen LogP contribution < -0.4 is 10.1 Å². The zero-order valence-electron chi connectivity index (χ0n) is 13.0. The SMILES string of the molecule is O=C(CN1CCC(C(=O)O)CC1)NCC1Cc2ccccc2O1. The predicted octanol–water partition coefficient (Wildman–Crippen LogP) is 0.903. The third-order valence-electron chi connectivity index (χ3n) is 4.54. The van der Waals surface area contributed by atoms with Gasteiger partial charge in [-0.1, -0.05) is 18.2 Å². The van der Waals surface area contributed by atoms with Gasteiger partial charge in [0.25, 0.3) is 0 Å². The zero-order valence-corrected chi connectivity index (χ0v) is 13.0. The molecule has 1 unspecified atom stereocenters. The fourth-order valence-electron chi connectivity index (χ4n) is 3.19. The van der Waals surface area contributed by atoms with Crippen molar-refractivity contribution in [2.45, 2.75) is 25.4 Å². The maximum atomic E-state index is 12.0. The molecule has 1 saturated heterocycles. The molecule has 2 heterocycles. The van der Waals surface area contributed by atoms with Crippen LogP contribution in [0.1, 0.15) is 18.4 Å². The fourth-order valence-corrected chi connectivity index (χ4v) is 3.19. The highest BCUT2D eigenvalue weighted by atomic mass is 16.5. The minimum Gasteiger partial charge on any atom is -0.488 e. The van der Waals surface area contributed by atoms with Crippen LogP contribution in [0, 0.1) is 5.92 Å². The highest BCUT2D eigenvalue weighted by molar-refractivity contribution is 5.78. The van der Waals surface area contributed by atoms with E-state index in [2.05, 4.69) is 5.32 Å². The Bertz CT molecular complexity index is 557. The van der Waals surface area contributed by atoms with Crippen LogP contribution in [-0.4, -0.2) is 54.2 Å². The van der Waals surface area contributed by atoms with E-state index in [0.29, 0.717) is 39.0 Å². The number of nitrogens with zero attached hydrogens (tertiary/aromatic N) is 1. The molecule has 6 nitrogen and oxygen atoms in total. The van der Waals surface area contributed by atoms with E-state index in [4.69, 9.17) is 9.84 Å². The van der Waals surface area contributed by atoms with E-state index >= 15 is 0 Å². The van der Waals surface area contributed by atoms with E-state index in [1.807, 2.05) is 29.2 Å². The van der Waals surface area contributed by atoms with Crippen molar-refractivity contribution in [1.29, 1.82) is 0 Å². The number of nitrogens with one attached hydrogen (secondary N) is 1. The van der Waals surface area contributed by atoms with Gasteiger partial charge in [0.15, 0.2) is 0 Å². The van der Waals surface area contributed by atoms with Gasteiger partial charge in [0, 0.05) is 6.42 Å². The van der Waals surface area contributed by atoms with Crippen LogP contribution in [0.15, 0.2) is 24.3 Å². The number of benzene rings is 1. The smallest absolute Gasteiger partial charge is 0.306 e. The highest BCUT2D eigenvalue weighted by Gasteiger charge is 2.26. The summed E-state index contributed by atoms with van der Waals surface area (Å²) in [5.74, 6) is -0.118. The van der Waals surface area contributed by atoms with Gasteiger partial charge >= 0.3 is 5.97 Å². The molecule has 0 bridgehead atoms. The van der Waals surface area contributed by atoms with Crippen molar-refractivity contribution >= 4 is 11.9 Å². The average molecular weight is 318 g/mol. The van der Waals surface area contributed by atoms with Crippen LogP contribution in [0.2, 0.25) is 0 Å². The molecule has 1 aromatic rings. The van der Waals surface area contributed by atoms with E-state index in [-0.39, 0.29) is 17.9 Å². The first kappa shape index (κ1) is 15.8. The number of aliphatic carboxylic acids is 1. The van der Waals surface area contributed by atoms with E-state index in [1.54, 1.807) is 0 Å². The molecule has 23 heavy (non-hydrogen) atoms. The van der Waals surface area contributed by atoms with Gasteiger partial charge in [-0.05, 0) is 37.6 Å². The molecule has 2 aliphatic rings. The molecular weight excluding hydrogens is 296 g/mol. The number of fused-ring (bicyclic) bond motifs is 1. The molecular formula is C17H22N2O4. The van der Waals surface area contributed by atoms with Crippen molar-refractivity contribution < 1.29 is 19.4 Å². The van der Waals surface area contributed by atoms with Crippen molar-refractivity contribution in [3.63, 3.8) is 0 Å². The zero-order chi connectivity index (χ0) is 16.2. The minimum absolute atomic E-state index is 0.00547. The summed E-state index contributed by atoms with van der Waals surface area (Å²) in [6.45, 7) is 2.15. The lowest BCUT2D eigenvalue weighted by Gasteiger charge is -2.29. The van der Waals surface area contributed by atoms with Crippen LogP contribution in [0.4, 0.5) is 0 Å². The summed E-state index contributed by atoms with van der Waals surface area (Å²) in [6, 6.07) is 7.93. The van der Waals surface area contributed by atoms with Crippen LogP contribution in [-0.2, 0) is 16.0 Å². The Hall–Kier alpha value is -2.08. The standard InChI is InChI=1S/C17H22N2O4/c20-16(11-19-7-5-12(6-8-19)17(21)22)18-10-14-9-13-3-1-2-4-15(13)23-14/h1-4,12,14H,5-11H2,(H,18,20)(H,21,22). The predicted molar refractivity (Wildman–Crippen MR) is 84.4 cm³/mol. The monoisotopic (exact) mass is 318 g/mol. The molecule has 1 amide bonds. The number of likely N-dealkylation sites (tertiary alicyclic amines) is 1. The van der Waals surface area contributed by atoms with Gasteiger partial charge in [-0.25, -0.2) is 0 Å². The van der Waals surface area contributed by atoms with Crippen LogP contribution in [0.3, 0.4) is 0 Å². The topological polar surface area (TPSA) is 78.9 Å². The molecule has 0 spiro atoms. The van der Waals surface area contributed by atoms with Crippen molar-refractivity contribution in [2.75, 3.05) is 26.2 Å². The second-order valence-corrected chi connectivity index (χ2v) is 6.24. The number of hydrogen-bond acceptors (Lipinski definition) is 4. The molecule has 2 N–H and O–H groups in total. The van der Waals surface area contributed by atoms with Gasteiger partial charge in [0.2, 0.25) is 5.91 Å². The summed E-state index contributed by atoms with van der Waals surface area (Å²) in [5.41, 5.74) is 1.18. The number of carbonyl (C=O) groups excluding carboxylic acids is 1. The lowest BCUT2D eigenvalue weighted by molar-refractivity contribution is -0.143. The van der Waals surface area contributed by atoms with Crippen LogP contribution in [0.25, 0.3) is 0 Å². The third kappa shape index (κ3) is 4.01. The van der Waals surface area contributed by atoms with Gasteiger partial charge in [-0.3, -0.25) is 14.5 Å². The number of carboxylic acid groups (broad SMARTS) is 1. The maximum Gasteiger partial charge on any atom is 0.306 e. The molecule has 0 saturated carbocycles. The first-order valence-corrected chi connectivity index (χ1v) is 8.08. The summed E-state index contributed by atoms with van der Waals surface area (Å²) in [6.07, 6.45) is 2.04. The Labute approximate surface area is 135 Å². The van der Waals surface area contributed by atoms with Gasteiger partial charge in [0.1, 0.15) is 11.9 Å². The Morgan fingerprint density at radius 2 is 2.00 bits per heavy atom. The summed E-state index contributed by atoms with van der Waals surface area (Å²) < 4.78 is 5.79. The maximum absolute atomic E-state index is 12.0. The molecule has 1 atom stereocenters. The van der Waals surface area contributed by atoms with Gasteiger partial charge in [-0.2, -0.15) is 0 Å². The van der Waals surface area contributed by atoms with Gasteiger partial charge < -0.3 is 15.2 Å². The van der Waals surface area contributed by atoms with Crippen molar-refractivity contribution in [3.8, 4) is 5.75 Å². The van der Waals surface area contributed by atoms with Gasteiger partial charge in [-0.15, -0.1) is 0 Å². The van der Waals surface area contributed by atoms with E-state index < -0.39 is 5.97 Å². The minimum atomic E-state index is -0.730. The number of carboxylic acids is 1. The Morgan fingerprint density at radius 3 is 2.70 bits per heavy atom. The quantitative estimate of drug-likeness (QED) is 0.843. The molecule has 0 aliphatic carbocycles. The number of para-hydroxylation sites is 1. The lowest BCUT2D eigenvalue weighted by atomic mass is 9.97. The number of hydrogen-bond donors (Lipinski definition) is 2. The highest BCUT2D eigenvalue weighted by Crippen LogP contribution is 2.27. The van der Waals surface area contributed by atoms with Crippen molar-refractivity contribution in [3.05, 3.63) is 29.8 Å². The number of rotatable bonds is 5. The average Bonchev–Trinajstić information content (AvgIpc) is 2.96. The molecule has 0 radical (unpaired) electrons. The van der Waals surface area contributed by atoms with E-state index in [1.165, 1.54) is 5.56 Å². The summed E-state index contributed by atoms with van der Waals surface area (Å²) in [7, 11) is 0. The first-order chi connectivity index (χ1) is 11.1. The Balaban J connectivity index is 1.37. The summed E-state index contributed by atoms with van der Waals surface area (Å²) >= 11 is 0. The molecule has 2 aliphatic heterocycles. The Morgan fingerprint density at radius 1 is 1.26 bits per heavy atom. The molecule has 6 heteroatoms. The molecule has 1 aromatic carbocycles. The van der Waals surface area contributed by atoms with E-state index in [0.717, 1.165) is 12.2 Å². The second-order valence-electron chi connectivity index (χ2n) is 6.24. The van der Waals surface area contributed by atoms with Crippen molar-refractivity contribution in [1.82, 2.24) is 10.2 Å². The second kappa shape index (κ2) is 7.00. The largest absolute Gasteiger partial charge is 0.488 e. The molecule has 1 fully saturated rings. The molecule has 0 aromatic heterocycles. The van der Waals surface area contributed by atoms with E-state index in [9.17, 15) is 9.59 Å². The Kier molecular flexibility index (Phi) is 4.81. The normalized spacial score (nSPS) is 21.5. The first-order valence-electron chi connectivity index (χ1n) is 8.08. The number of amides is 1. The van der Waals surface area contributed by atoms with Gasteiger partial charge in [0.05, 0.1) is 19.0 Å². The fraction of sp³-hybridized carbons (Fsp3) is 0.529. The molecule has 3 rings (SSSR count). The lowest BCUT2D eigenvalue weighted by Crippen LogP contribution is -2.44. The third-order valence-corrected chi connectivity index (χ3v) is 4.54.